The molecule has 0 bridgehead atoms. The summed E-state index contributed by atoms with van der Waals surface area (Å²) >= 11 is 0. The SMILES string of the molecule is CCCCCC1CCC(CCC2=CCc3c(cc(F)c(F)c3F)C2)CC1. The van der Waals surface area contributed by atoms with Gasteiger partial charge in [0.15, 0.2) is 17.5 Å². The van der Waals surface area contributed by atoms with Crippen LogP contribution in [0, 0.1) is 29.3 Å². The second kappa shape index (κ2) is 9.10. The van der Waals surface area contributed by atoms with Crippen molar-refractivity contribution in [2.75, 3.05) is 0 Å². The highest BCUT2D eigenvalue weighted by Gasteiger charge is 2.23. The Hall–Kier alpha value is -1.25. The van der Waals surface area contributed by atoms with Gasteiger partial charge in [0.05, 0.1) is 0 Å². The number of benzene rings is 1. The van der Waals surface area contributed by atoms with E-state index >= 15 is 0 Å². The summed E-state index contributed by atoms with van der Waals surface area (Å²) < 4.78 is 40.7. The molecule has 0 heterocycles. The topological polar surface area (TPSA) is 0 Å². The van der Waals surface area contributed by atoms with E-state index in [0.717, 1.165) is 18.3 Å². The lowest BCUT2D eigenvalue weighted by Gasteiger charge is -2.29. The van der Waals surface area contributed by atoms with Crippen LogP contribution < -0.4 is 0 Å². The fraction of sp³-hybridized carbons (Fsp3) is 0.652. The lowest BCUT2D eigenvalue weighted by molar-refractivity contribution is 0.249. The van der Waals surface area contributed by atoms with Gasteiger partial charge >= 0.3 is 0 Å². The van der Waals surface area contributed by atoms with E-state index in [1.54, 1.807) is 0 Å². The Bertz CT molecular complexity index is 639. The van der Waals surface area contributed by atoms with Crippen molar-refractivity contribution in [3.63, 3.8) is 0 Å². The van der Waals surface area contributed by atoms with Crippen LogP contribution >= 0.6 is 0 Å². The lowest BCUT2D eigenvalue weighted by Crippen LogP contribution is -2.15. The highest BCUT2D eigenvalue weighted by Crippen LogP contribution is 2.36. The summed E-state index contributed by atoms with van der Waals surface area (Å²) in [7, 11) is 0. The van der Waals surface area contributed by atoms with Gasteiger partial charge in [-0.3, -0.25) is 0 Å². The highest BCUT2D eigenvalue weighted by atomic mass is 19.2. The Labute approximate surface area is 155 Å². The van der Waals surface area contributed by atoms with Crippen molar-refractivity contribution in [2.45, 2.75) is 84.0 Å². The molecule has 2 aliphatic carbocycles. The quantitative estimate of drug-likeness (QED) is 0.270. The summed E-state index contributed by atoms with van der Waals surface area (Å²) in [4.78, 5) is 0. The number of hydrogen-bond donors (Lipinski definition) is 0. The molecule has 0 unspecified atom stereocenters. The van der Waals surface area contributed by atoms with Crippen molar-refractivity contribution < 1.29 is 13.2 Å². The summed E-state index contributed by atoms with van der Waals surface area (Å²) in [6, 6.07) is 1.18. The van der Waals surface area contributed by atoms with Gasteiger partial charge in [0.1, 0.15) is 0 Å². The van der Waals surface area contributed by atoms with Gasteiger partial charge in [0.2, 0.25) is 0 Å². The summed E-state index contributed by atoms with van der Waals surface area (Å²) in [5.41, 5.74) is 2.21. The van der Waals surface area contributed by atoms with Crippen LogP contribution in [0.25, 0.3) is 0 Å². The molecule has 0 spiro atoms. The van der Waals surface area contributed by atoms with E-state index in [0.29, 0.717) is 24.0 Å². The number of hydrogen-bond acceptors (Lipinski definition) is 0. The van der Waals surface area contributed by atoms with Crippen LogP contribution in [0.5, 0.6) is 0 Å². The molecule has 0 amide bonds. The van der Waals surface area contributed by atoms with E-state index < -0.39 is 17.5 Å². The first-order valence-electron chi connectivity index (χ1n) is 10.4. The minimum absolute atomic E-state index is 0.334. The third-order valence-electron chi connectivity index (χ3n) is 6.42. The van der Waals surface area contributed by atoms with Gasteiger partial charge < -0.3 is 0 Å². The Morgan fingerprint density at radius 3 is 2.31 bits per heavy atom. The highest BCUT2D eigenvalue weighted by molar-refractivity contribution is 5.39. The minimum atomic E-state index is -1.34. The van der Waals surface area contributed by atoms with Gasteiger partial charge in [-0.15, -0.1) is 0 Å². The molecule has 1 saturated carbocycles. The van der Waals surface area contributed by atoms with Crippen LogP contribution in [0.1, 0.15) is 82.3 Å². The molecule has 1 aromatic rings. The molecule has 0 saturated heterocycles. The number of unbranched alkanes of at least 4 members (excludes halogenated alkanes) is 2. The van der Waals surface area contributed by atoms with Crippen LogP contribution in [0.4, 0.5) is 13.2 Å². The Kier molecular flexibility index (Phi) is 6.83. The molecule has 3 heteroatoms. The van der Waals surface area contributed by atoms with Gasteiger partial charge in [-0.2, -0.15) is 0 Å². The lowest BCUT2D eigenvalue weighted by atomic mass is 9.77. The molecule has 0 N–H and O–H groups in total. The van der Waals surface area contributed by atoms with Gasteiger partial charge in [0, 0.05) is 0 Å². The first kappa shape index (κ1) is 19.5. The third-order valence-corrected chi connectivity index (χ3v) is 6.42. The largest absolute Gasteiger partial charge is 0.204 e. The van der Waals surface area contributed by atoms with Crippen LogP contribution in [0.15, 0.2) is 17.7 Å². The van der Waals surface area contributed by atoms with Crippen molar-refractivity contribution in [1.29, 1.82) is 0 Å². The van der Waals surface area contributed by atoms with Crippen molar-refractivity contribution in [3.8, 4) is 0 Å². The molecule has 0 aromatic heterocycles. The van der Waals surface area contributed by atoms with Crippen LogP contribution in [0.2, 0.25) is 0 Å². The molecule has 1 aromatic carbocycles. The fourth-order valence-corrected chi connectivity index (χ4v) is 4.70. The second-order valence-corrected chi connectivity index (χ2v) is 8.29. The maximum Gasteiger partial charge on any atom is 0.194 e. The van der Waals surface area contributed by atoms with Crippen molar-refractivity contribution in [1.82, 2.24) is 0 Å². The molecule has 26 heavy (non-hydrogen) atoms. The normalized spacial score (nSPS) is 22.8. The summed E-state index contributed by atoms with van der Waals surface area (Å²) in [5.74, 6) is -1.68. The third kappa shape index (κ3) is 4.72. The predicted molar refractivity (Wildman–Crippen MR) is 101 cm³/mol. The molecule has 144 valence electrons. The maximum atomic E-state index is 13.9. The van der Waals surface area contributed by atoms with E-state index in [1.165, 1.54) is 69.4 Å². The van der Waals surface area contributed by atoms with E-state index in [2.05, 4.69) is 6.92 Å². The summed E-state index contributed by atoms with van der Waals surface area (Å²) in [6.45, 7) is 2.26. The van der Waals surface area contributed by atoms with Crippen LogP contribution in [0.3, 0.4) is 0 Å². The minimum Gasteiger partial charge on any atom is -0.204 e. The van der Waals surface area contributed by atoms with E-state index in [-0.39, 0.29) is 0 Å². The van der Waals surface area contributed by atoms with Gasteiger partial charge in [-0.05, 0) is 54.7 Å². The molecular weight excluding hydrogens is 333 g/mol. The van der Waals surface area contributed by atoms with E-state index in [9.17, 15) is 13.2 Å². The zero-order valence-electron chi connectivity index (χ0n) is 15.9. The Balaban J connectivity index is 1.45. The predicted octanol–water partition coefficient (Wildman–Crippen LogP) is 7.30. The molecule has 0 aliphatic heterocycles. The second-order valence-electron chi connectivity index (χ2n) is 8.29. The van der Waals surface area contributed by atoms with Gasteiger partial charge in [-0.25, -0.2) is 13.2 Å². The first-order valence-corrected chi connectivity index (χ1v) is 10.4. The van der Waals surface area contributed by atoms with Crippen LogP contribution in [-0.2, 0) is 12.8 Å². The first-order chi connectivity index (χ1) is 12.6. The van der Waals surface area contributed by atoms with Crippen molar-refractivity contribution >= 4 is 0 Å². The molecule has 2 aliphatic rings. The smallest absolute Gasteiger partial charge is 0.194 e. The number of rotatable bonds is 7. The van der Waals surface area contributed by atoms with Crippen molar-refractivity contribution in [3.05, 3.63) is 46.3 Å². The molecule has 0 nitrogen and oxygen atoms in total. The Morgan fingerprint density at radius 1 is 0.923 bits per heavy atom. The zero-order chi connectivity index (χ0) is 18.5. The average Bonchev–Trinajstić information content (AvgIpc) is 2.65. The van der Waals surface area contributed by atoms with Crippen LogP contribution in [-0.4, -0.2) is 0 Å². The zero-order valence-corrected chi connectivity index (χ0v) is 15.9. The fourth-order valence-electron chi connectivity index (χ4n) is 4.70. The van der Waals surface area contributed by atoms with E-state index in [4.69, 9.17) is 0 Å². The standard InChI is InChI=1S/C23H31F3/c1-2-3-4-5-16-6-8-17(9-7-16)10-11-18-12-13-20-19(14-18)15-21(24)23(26)22(20)25/h12,15-17H,2-11,13-14H2,1H3. The maximum absolute atomic E-state index is 13.9. The van der Waals surface area contributed by atoms with E-state index in [1.807, 2.05) is 6.08 Å². The molecule has 0 radical (unpaired) electrons. The number of halogens is 3. The summed E-state index contributed by atoms with van der Waals surface area (Å²) in [6.07, 6.45) is 16.0. The van der Waals surface area contributed by atoms with Gasteiger partial charge in [-0.1, -0.05) is 69.9 Å². The van der Waals surface area contributed by atoms with Crippen molar-refractivity contribution in [2.24, 2.45) is 11.8 Å². The molecule has 0 atom stereocenters. The van der Waals surface area contributed by atoms with Gasteiger partial charge in [0.25, 0.3) is 0 Å². The number of allylic oxidation sites excluding steroid dienone is 2. The number of fused-ring (bicyclic) bond motifs is 1. The molecular formula is C23H31F3. The Morgan fingerprint density at radius 2 is 1.62 bits per heavy atom. The molecule has 3 rings (SSSR count). The monoisotopic (exact) mass is 364 g/mol. The summed E-state index contributed by atoms with van der Waals surface area (Å²) in [5, 5.41) is 0. The average molecular weight is 364 g/mol. The molecule has 1 fully saturated rings.